The van der Waals surface area contributed by atoms with Gasteiger partial charge in [-0.25, -0.2) is 0 Å². The van der Waals surface area contributed by atoms with Gasteiger partial charge in [0, 0.05) is 0 Å². The van der Waals surface area contributed by atoms with Crippen molar-refractivity contribution >= 4 is 5.78 Å². The van der Waals surface area contributed by atoms with Crippen molar-refractivity contribution in [3.8, 4) is 0 Å². The molecule has 0 radical (unpaired) electrons. The second-order valence-corrected chi connectivity index (χ2v) is 12.4. The number of Topliss-reactive ketones (excluding diaryl/α,β-unsaturated/α-hetero) is 1. The van der Waals surface area contributed by atoms with Crippen LogP contribution in [-0.4, -0.2) is 11.4 Å². The number of ketones is 1. The summed E-state index contributed by atoms with van der Waals surface area (Å²) in [6.45, 7) is 20.0. The number of carbonyl (C=O) groups is 1. The first-order valence-corrected chi connectivity index (χ1v) is 13.5. The largest absolute Gasteiger partial charge is 0.487 e. The first kappa shape index (κ1) is 27.2. The Balaban J connectivity index is 1.76. The van der Waals surface area contributed by atoms with E-state index in [2.05, 4.69) is 55.4 Å². The highest BCUT2D eigenvalue weighted by Gasteiger charge is 2.45. The molecule has 3 atom stereocenters. The summed E-state index contributed by atoms with van der Waals surface area (Å²) in [5.41, 5.74) is 2.65. The highest BCUT2D eigenvalue weighted by atomic mass is 16.5. The maximum absolute atomic E-state index is 12.8. The quantitative estimate of drug-likeness (QED) is 0.300. The van der Waals surface area contributed by atoms with Crippen LogP contribution in [0.2, 0.25) is 0 Å². The van der Waals surface area contributed by atoms with Crippen LogP contribution in [0.5, 0.6) is 0 Å². The maximum Gasteiger partial charge on any atom is 0.168 e. The summed E-state index contributed by atoms with van der Waals surface area (Å²) in [5, 5.41) is 0. The summed E-state index contributed by atoms with van der Waals surface area (Å²) in [5.74, 6) is 3.82. The lowest BCUT2D eigenvalue weighted by atomic mass is 9.68. The zero-order valence-electron chi connectivity index (χ0n) is 22.8. The second-order valence-electron chi connectivity index (χ2n) is 12.4. The number of hydrogen-bond acceptors (Lipinski definition) is 2. The Morgan fingerprint density at radius 1 is 0.812 bits per heavy atom. The van der Waals surface area contributed by atoms with Gasteiger partial charge in [0.2, 0.25) is 0 Å². The zero-order chi connectivity index (χ0) is 24.1. The van der Waals surface area contributed by atoms with E-state index in [1.54, 1.807) is 0 Å². The number of ether oxygens (including phenoxy) is 1. The maximum atomic E-state index is 12.8. The van der Waals surface area contributed by atoms with E-state index in [0.717, 1.165) is 53.9 Å². The number of allylic oxidation sites excluding steroid dienone is 3. The monoisotopic (exact) mass is 444 g/mol. The van der Waals surface area contributed by atoms with E-state index >= 15 is 0 Å². The summed E-state index contributed by atoms with van der Waals surface area (Å²) >= 11 is 0. The van der Waals surface area contributed by atoms with Crippen molar-refractivity contribution in [2.24, 2.45) is 23.2 Å². The molecule has 0 spiro atoms. The first-order valence-electron chi connectivity index (χ1n) is 13.5. The SMILES string of the molecule is CC1=C(C)C2=C(CC[C@@](C)(CCC[C@H](C)CCC[C@H](C)CCCC(C)C)O2)C(C)(C)C1=O. The van der Waals surface area contributed by atoms with E-state index in [4.69, 9.17) is 4.74 Å². The lowest BCUT2D eigenvalue weighted by molar-refractivity contribution is -0.123. The molecule has 0 aromatic carbocycles. The number of carbonyl (C=O) groups excluding carboxylic acids is 1. The van der Waals surface area contributed by atoms with E-state index in [0.29, 0.717) is 0 Å². The van der Waals surface area contributed by atoms with Gasteiger partial charge in [-0.15, -0.1) is 0 Å². The highest BCUT2D eigenvalue weighted by Crippen LogP contribution is 2.49. The molecular weight excluding hydrogens is 392 g/mol. The van der Waals surface area contributed by atoms with Gasteiger partial charge in [0.25, 0.3) is 0 Å². The topological polar surface area (TPSA) is 26.3 Å². The number of rotatable bonds is 12. The summed E-state index contributed by atoms with van der Waals surface area (Å²) in [7, 11) is 0. The van der Waals surface area contributed by atoms with Crippen molar-refractivity contribution in [3.05, 3.63) is 22.5 Å². The van der Waals surface area contributed by atoms with Gasteiger partial charge in [0.15, 0.2) is 5.78 Å². The Kier molecular flexibility index (Phi) is 9.68. The molecule has 184 valence electrons. The summed E-state index contributed by atoms with van der Waals surface area (Å²) < 4.78 is 6.66. The summed E-state index contributed by atoms with van der Waals surface area (Å²) in [6.07, 6.45) is 13.9. The molecule has 2 nitrogen and oxygen atoms in total. The van der Waals surface area contributed by atoms with Crippen molar-refractivity contribution in [2.45, 2.75) is 139 Å². The van der Waals surface area contributed by atoms with E-state index in [-0.39, 0.29) is 11.4 Å². The third kappa shape index (κ3) is 6.97. The molecule has 0 aromatic heterocycles. The Morgan fingerprint density at radius 3 is 1.91 bits per heavy atom. The Morgan fingerprint density at radius 2 is 1.34 bits per heavy atom. The van der Waals surface area contributed by atoms with Crippen LogP contribution in [0.25, 0.3) is 0 Å². The lowest BCUT2D eigenvalue weighted by Crippen LogP contribution is -2.40. The minimum atomic E-state index is -0.416. The van der Waals surface area contributed by atoms with E-state index in [1.165, 1.54) is 56.9 Å². The standard InChI is InChI=1S/C30H52O2/c1-21(2)13-10-14-22(3)15-11-16-23(4)17-12-19-30(9)20-18-26-27(32-30)24(5)25(6)28(31)29(26,7)8/h21-23H,10-20H2,1-9H3/t22-,23-,30-/m1/s1. The molecule has 2 aliphatic rings. The van der Waals surface area contributed by atoms with Crippen LogP contribution < -0.4 is 0 Å². The van der Waals surface area contributed by atoms with Gasteiger partial charge in [0.05, 0.1) is 5.41 Å². The van der Waals surface area contributed by atoms with Crippen molar-refractivity contribution in [1.29, 1.82) is 0 Å². The molecule has 0 aromatic rings. The normalized spacial score (nSPS) is 25.1. The molecule has 1 heterocycles. The van der Waals surface area contributed by atoms with Crippen LogP contribution in [0, 0.1) is 23.2 Å². The fourth-order valence-corrected chi connectivity index (χ4v) is 5.69. The van der Waals surface area contributed by atoms with Gasteiger partial charge < -0.3 is 4.74 Å². The van der Waals surface area contributed by atoms with Crippen LogP contribution >= 0.6 is 0 Å². The predicted molar refractivity (Wildman–Crippen MR) is 138 cm³/mol. The molecule has 32 heavy (non-hydrogen) atoms. The fourth-order valence-electron chi connectivity index (χ4n) is 5.69. The minimum absolute atomic E-state index is 0.0957. The molecule has 2 heteroatoms. The van der Waals surface area contributed by atoms with Crippen molar-refractivity contribution < 1.29 is 9.53 Å². The summed E-state index contributed by atoms with van der Waals surface area (Å²) in [6, 6.07) is 0. The molecule has 1 aliphatic carbocycles. The van der Waals surface area contributed by atoms with Crippen LogP contribution in [-0.2, 0) is 9.53 Å². The third-order valence-corrected chi connectivity index (χ3v) is 8.37. The molecule has 0 saturated carbocycles. The van der Waals surface area contributed by atoms with Gasteiger partial charge >= 0.3 is 0 Å². The predicted octanol–water partition coefficient (Wildman–Crippen LogP) is 9.19. The van der Waals surface area contributed by atoms with Crippen LogP contribution in [0.15, 0.2) is 22.5 Å². The molecule has 0 fully saturated rings. The van der Waals surface area contributed by atoms with Crippen molar-refractivity contribution in [2.75, 3.05) is 0 Å². The van der Waals surface area contributed by atoms with Crippen LogP contribution in [0.1, 0.15) is 133 Å². The summed E-state index contributed by atoms with van der Waals surface area (Å²) in [4.78, 5) is 12.8. The second kappa shape index (κ2) is 11.4. The van der Waals surface area contributed by atoms with Gasteiger partial charge in [-0.3, -0.25) is 4.79 Å². The van der Waals surface area contributed by atoms with Gasteiger partial charge in [-0.05, 0) is 94.8 Å². The fraction of sp³-hybridized carbons (Fsp3) is 0.833. The molecule has 0 amide bonds. The average molecular weight is 445 g/mol. The van der Waals surface area contributed by atoms with E-state index < -0.39 is 5.41 Å². The minimum Gasteiger partial charge on any atom is -0.487 e. The molecule has 0 N–H and O–H groups in total. The Labute approximate surface area is 199 Å². The number of hydrogen-bond donors (Lipinski definition) is 0. The zero-order valence-corrected chi connectivity index (χ0v) is 22.8. The smallest absolute Gasteiger partial charge is 0.168 e. The molecule has 0 saturated heterocycles. The average Bonchev–Trinajstić information content (AvgIpc) is 2.70. The third-order valence-electron chi connectivity index (χ3n) is 8.37. The Hall–Kier alpha value is -1.05. The van der Waals surface area contributed by atoms with Gasteiger partial charge in [0.1, 0.15) is 11.4 Å². The Bertz CT molecular complexity index is 708. The van der Waals surface area contributed by atoms with E-state index in [1.807, 2.05) is 6.92 Å². The van der Waals surface area contributed by atoms with Crippen molar-refractivity contribution in [3.63, 3.8) is 0 Å². The molecule has 0 bridgehead atoms. The molecule has 1 aliphatic heterocycles. The molecular formula is C30H52O2. The molecule has 2 rings (SSSR count). The van der Waals surface area contributed by atoms with Crippen LogP contribution in [0.3, 0.4) is 0 Å². The van der Waals surface area contributed by atoms with Crippen molar-refractivity contribution in [1.82, 2.24) is 0 Å². The van der Waals surface area contributed by atoms with Gasteiger partial charge in [-0.1, -0.05) is 72.6 Å². The first-order chi connectivity index (χ1) is 14.9. The van der Waals surface area contributed by atoms with Crippen LogP contribution in [0.4, 0.5) is 0 Å². The van der Waals surface area contributed by atoms with Gasteiger partial charge in [-0.2, -0.15) is 0 Å². The lowest BCUT2D eigenvalue weighted by Gasteiger charge is -2.44. The molecule has 0 unspecified atom stereocenters. The highest BCUT2D eigenvalue weighted by molar-refractivity contribution is 6.03. The van der Waals surface area contributed by atoms with E-state index in [9.17, 15) is 4.79 Å².